The highest BCUT2D eigenvalue weighted by Crippen LogP contribution is 1.78. The van der Waals surface area contributed by atoms with E-state index in [1.807, 2.05) is 12.1 Å². The van der Waals surface area contributed by atoms with Crippen molar-refractivity contribution in [2.75, 3.05) is 26.7 Å². The molecule has 0 aromatic rings. The van der Waals surface area contributed by atoms with Crippen LogP contribution in [-0.4, -0.2) is 36.9 Å². The van der Waals surface area contributed by atoms with Crippen molar-refractivity contribution in [3.05, 3.63) is 12.7 Å². The zero-order chi connectivity index (χ0) is 7.11. The summed E-state index contributed by atoms with van der Waals surface area (Å²) in [7, 11) is 1.82. The minimum absolute atomic E-state index is 0.175. The van der Waals surface area contributed by atoms with E-state index in [4.69, 9.17) is 5.11 Å². The molecule has 0 bridgehead atoms. The van der Waals surface area contributed by atoms with Crippen LogP contribution in [0.15, 0.2) is 12.7 Å². The van der Waals surface area contributed by atoms with Gasteiger partial charge in [-0.1, -0.05) is 6.08 Å². The van der Waals surface area contributed by atoms with Crippen molar-refractivity contribution in [2.24, 2.45) is 0 Å². The van der Waals surface area contributed by atoms with Crippen LogP contribution in [-0.2, 0) is 0 Å². The van der Waals surface area contributed by atoms with Crippen LogP contribution in [0.25, 0.3) is 0 Å². The molecule has 0 aromatic heterocycles. The molecule has 0 atom stereocenters. The van der Waals surface area contributed by atoms with Gasteiger partial charge < -0.3 is 5.11 Å². The summed E-state index contributed by atoms with van der Waals surface area (Å²) >= 11 is 0. The van der Waals surface area contributed by atoms with Gasteiger partial charge in [0, 0.05) is 13.1 Å². The number of hydrogen-bond acceptors (Lipinski definition) is 3. The summed E-state index contributed by atoms with van der Waals surface area (Å²) in [6.07, 6.45) is 1.78. The van der Waals surface area contributed by atoms with Crippen molar-refractivity contribution in [1.82, 2.24) is 10.4 Å². The first-order valence-corrected chi connectivity index (χ1v) is 2.99. The van der Waals surface area contributed by atoms with E-state index in [-0.39, 0.29) is 6.61 Å². The smallest absolute Gasteiger partial charge is 0.0572 e. The molecule has 0 aliphatic rings. The summed E-state index contributed by atoms with van der Waals surface area (Å²) in [6.45, 7) is 5.15. The van der Waals surface area contributed by atoms with Gasteiger partial charge in [-0.2, -0.15) is 0 Å². The quantitative estimate of drug-likeness (QED) is 0.392. The first kappa shape index (κ1) is 8.62. The van der Waals surface area contributed by atoms with Gasteiger partial charge in [0.25, 0.3) is 0 Å². The van der Waals surface area contributed by atoms with Crippen LogP contribution in [0.2, 0.25) is 0 Å². The Morgan fingerprint density at radius 1 is 1.78 bits per heavy atom. The molecule has 0 radical (unpaired) electrons. The van der Waals surface area contributed by atoms with Crippen molar-refractivity contribution < 1.29 is 5.11 Å². The molecule has 2 N–H and O–H groups in total. The lowest BCUT2D eigenvalue weighted by molar-refractivity contribution is 0.170. The van der Waals surface area contributed by atoms with Crippen molar-refractivity contribution in [3.63, 3.8) is 0 Å². The van der Waals surface area contributed by atoms with E-state index in [1.165, 1.54) is 0 Å². The number of hydrogen-bond donors (Lipinski definition) is 2. The Kier molecular flexibility index (Phi) is 5.51. The third kappa shape index (κ3) is 4.14. The molecule has 0 aliphatic heterocycles. The summed E-state index contributed by atoms with van der Waals surface area (Å²) in [5.41, 5.74) is 2.91. The molecule has 0 spiro atoms. The molecule has 3 nitrogen and oxygen atoms in total. The van der Waals surface area contributed by atoms with Gasteiger partial charge in [0.2, 0.25) is 0 Å². The minimum Gasteiger partial charge on any atom is -0.395 e. The highest BCUT2D eigenvalue weighted by Gasteiger charge is 1.94. The van der Waals surface area contributed by atoms with E-state index in [0.29, 0.717) is 6.54 Å². The monoisotopic (exact) mass is 130 g/mol. The molecule has 0 aromatic carbocycles. The molecular weight excluding hydrogens is 116 g/mol. The Morgan fingerprint density at radius 2 is 2.44 bits per heavy atom. The van der Waals surface area contributed by atoms with Gasteiger partial charge in [0.15, 0.2) is 0 Å². The van der Waals surface area contributed by atoms with Gasteiger partial charge in [-0.05, 0) is 7.05 Å². The molecule has 54 valence electrons. The topological polar surface area (TPSA) is 35.5 Å². The van der Waals surface area contributed by atoms with Crippen LogP contribution in [0.1, 0.15) is 0 Å². The Morgan fingerprint density at radius 3 is 2.78 bits per heavy atom. The number of aliphatic hydroxyl groups is 1. The van der Waals surface area contributed by atoms with Gasteiger partial charge in [0.1, 0.15) is 0 Å². The van der Waals surface area contributed by atoms with Crippen LogP contribution in [0, 0.1) is 0 Å². The standard InChI is InChI=1S/C6H14N2O/c1-3-4-8(7-2)5-6-9/h3,7,9H,1,4-6H2,2H3. The maximum absolute atomic E-state index is 8.48. The van der Waals surface area contributed by atoms with Crippen molar-refractivity contribution in [1.29, 1.82) is 0 Å². The van der Waals surface area contributed by atoms with E-state index < -0.39 is 0 Å². The Hall–Kier alpha value is -0.380. The van der Waals surface area contributed by atoms with E-state index in [2.05, 4.69) is 12.0 Å². The summed E-state index contributed by atoms with van der Waals surface area (Å²) in [4.78, 5) is 0. The van der Waals surface area contributed by atoms with Gasteiger partial charge in [-0.3, -0.25) is 5.43 Å². The Bertz CT molecular complexity index is 75.5. The van der Waals surface area contributed by atoms with E-state index >= 15 is 0 Å². The highest BCUT2D eigenvalue weighted by atomic mass is 16.3. The highest BCUT2D eigenvalue weighted by molar-refractivity contribution is 4.70. The largest absolute Gasteiger partial charge is 0.395 e. The van der Waals surface area contributed by atoms with Crippen molar-refractivity contribution in [3.8, 4) is 0 Å². The number of rotatable bonds is 5. The second-order valence-corrected chi connectivity index (χ2v) is 1.68. The van der Waals surface area contributed by atoms with Crippen LogP contribution >= 0.6 is 0 Å². The molecule has 0 heterocycles. The SMILES string of the molecule is C=CCN(CCO)NC. The average Bonchev–Trinajstić information content (AvgIpc) is 1.88. The third-order valence-corrected chi connectivity index (χ3v) is 1.04. The molecule has 0 saturated heterocycles. The summed E-state index contributed by atoms with van der Waals surface area (Å²) in [6, 6.07) is 0. The van der Waals surface area contributed by atoms with Gasteiger partial charge in [0.05, 0.1) is 6.61 Å². The predicted octanol–water partition coefficient (Wildman–Crippen LogP) is -0.399. The normalized spacial score (nSPS) is 10.1. The minimum atomic E-state index is 0.175. The second kappa shape index (κ2) is 5.75. The summed E-state index contributed by atoms with van der Waals surface area (Å²) < 4.78 is 0. The van der Waals surface area contributed by atoms with E-state index in [9.17, 15) is 0 Å². The number of nitrogens with one attached hydrogen (secondary N) is 1. The Labute approximate surface area is 55.9 Å². The second-order valence-electron chi connectivity index (χ2n) is 1.68. The van der Waals surface area contributed by atoms with Gasteiger partial charge >= 0.3 is 0 Å². The lowest BCUT2D eigenvalue weighted by atomic mass is 10.5. The molecule has 0 saturated carbocycles. The summed E-state index contributed by atoms with van der Waals surface area (Å²) in [5.74, 6) is 0. The first-order chi connectivity index (χ1) is 4.35. The number of hydrazine groups is 1. The summed E-state index contributed by atoms with van der Waals surface area (Å²) in [5, 5.41) is 10.3. The lowest BCUT2D eigenvalue weighted by Crippen LogP contribution is -2.37. The molecule has 9 heavy (non-hydrogen) atoms. The van der Waals surface area contributed by atoms with Crippen LogP contribution in [0.3, 0.4) is 0 Å². The first-order valence-electron chi connectivity index (χ1n) is 2.99. The molecule has 0 fully saturated rings. The van der Waals surface area contributed by atoms with Gasteiger partial charge in [-0.25, -0.2) is 5.01 Å². The number of aliphatic hydroxyl groups excluding tert-OH is 1. The molecule has 0 unspecified atom stereocenters. The lowest BCUT2D eigenvalue weighted by Gasteiger charge is -2.16. The fourth-order valence-electron chi connectivity index (χ4n) is 0.571. The zero-order valence-corrected chi connectivity index (χ0v) is 5.80. The van der Waals surface area contributed by atoms with Crippen molar-refractivity contribution in [2.45, 2.75) is 0 Å². The Balaban J connectivity index is 3.28. The van der Waals surface area contributed by atoms with Gasteiger partial charge in [-0.15, -0.1) is 6.58 Å². The molecule has 3 heteroatoms. The molecular formula is C6H14N2O. The molecule has 0 amide bonds. The van der Waals surface area contributed by atoms with E-state index in [1.54, 1.807) is 6.08 Å². The van der Waals surface area contributed by atoms with Crippen LogP contribution in [0.4, 0.5) is 0 Å². The fraction of sp³-hybridized carbons (Fsp3) is 0.667. The maximum Gasteiger partial charge on any atom is 0.0572 e. The zero-order valence-electron chi connectivity index (χ0n) is 5.80. The van der Waals surface area contributed by atoms with Crippen molar-refractivity contribution >= 4 is 0 Å². The van der Waals surface area contributed by atoms with Crippen LogP contribution < -0.4 is 5.43 Å². The van der Waals surface area contributed by atoms with Crippen LogP contribution in [0.5, 0.6) is 0 Å². The predicted molar refractivity (Wildman–Crippen MR) is 37.9 cm³/mol. The average molecular weight is 130 g/mol. The maximum atomic E-state index is 8.48. The number of nitrogens with zero attached hydrogens (tertiary/aromatic N) is 1. The third-order valence-electron chi connectivity index (χ3n) is 1.04. The fourth-order valence-corrected chi connectivity index (χ4v) is 0.571. The van der Waals surface area contributed by atoms with E-state index in [0.717, 1.165) is 6.54 Å². The molecule has 0 rings (SSSR count). The molecule has 0 aliphatic carbocycles.